The SMILES string of the molecule is CCn1cc(C2=NO[C@@H](C(=O)Nc3cccnc3Cl)C2)c(C)n1. The molecule has 3 rings (SSSR count). The van der Waals surface area contributed by atoms with Gasteiger partial charge in [-0.25, -0.2) is 4.98 Å². The predicted molar refractivity (Wildman–Crippen MR) is 86.5 cm³/mol. The van der Waals surface area contributed by atoms with Gasteiger partial charge in [-0.3, -0.25) is 9.48 Å². The standard InChI is InChI=1S/C15H16ClN5O2/c1-3-21-8-10(9(2)19-21)12-7-13(23-20-12)15(22)18-11-5-4-6-17-14(11)16/h4-6,8,13H,3,7H2,1-2H3,(H,18,22)/t13-/m1/s1. The van der Waals surface area contributed by atoms with Crippen LogP contribution >= 0.6 is 11.6 Å². The smallest absolute Gasteiger partial charge is 0.268 e. The average Bonchev–Trinajstić information content (AvgIpc) is 3.15. The zero-order chi connectivity index (χ0) is 16.4. The summed E-state index contributed by atoms with van der Waals surface area (Å²) < 4.78 is 1.83. The van der Waals surface area contributed by atoms with Crippen molar-refractivity contribution in [3.8, 4) is 0 Å². The number of nitrogens with zero attached hydrogens (tertiary/aromatic N) is 4. The van der Waals surface area contributed by atoms with Crippen LogP contribution in [-0.2, 0) is 16.2 Å². The highest BCUT2D eigenvalue weighted by atomic mass is 35.5. The molecule has 0 saturated heterocycles. The summed E-state index contributed by atoms with van der Waals surface area (Å²) in [6, 6.07) is 3.38. The lowest BCUT2D eigenvalue weighted by Gasteiger charge is -2.09. The van der Waals surface area contributed by atoms with Crippen molar-refractivity contribution in [3.63, 3.8) is 0 Å². The van der Waals surface area contributed by atoms with E-state index in [2.05, 4.69) is 20.6 Å². The maximum absolute atomic E-state index is 12.3. The molecule has 23 heavy (non-hydrogen) atoms. The van der Waals surface area contributed by atoms with Gasteiger partial charge in [0, 0.05) is 30.9 Å². The van der Waals surface area contributed by atoms with Crippen molar-refractivity contribution in [2.75, 3.05) is 5.32 Å². The lowest BCUT2D eigenvalue weighted by atomic mass is 10.1. The minimum Gasteiger partial charge on any atom is -0.382 e. The Morgan fingerprint density at radius 1 is 1.57 bits per heavy atom. The van der Waals surface area contributed by atoms with Crippen molar-refractivity contribution in [1.29, 1.82) is 0 Å². The van der Waals surface area contributed by atoms with Gasteiger partial charge in [-0.05, 0) is 26.0 Å². The summed E-state index contributed by atoms with van der Waals surface area (Å²) in [7, 11) is 0. The van der Waals surface area contributed by atoms with Gasteiger partial charge in [-0.2, -0.15) is 5.10 Å². The molecule has 120 valence electrons. The van der Waals surface area contributed by atoms with Crippen LogP contribution in [0.5, 0.6) is 0 Å². The molecule has 0 aromatic carbocycles. The first kappa shape index (κ1) is 15.5. The first-order chi connectivity index (χ1) is 11.1. The summed E-state index contributed by atoms with van der Waals surface area (Å²) >= 11 is 5.93. The van der Waals surface area contributed by atoms with Crippen LogP contribution in [-0.4, -0.2) is 32.5 Å². The Hall–Kier alpha value is -2.41. The number of carbonyl (C=O) groups excluding carboxylic acids is 1. The van der Waals surface area contributed by atoms with E-state index < -0.39 is 6.10 Å². The molecule has 0 saturated carbocycles. The molecule has 1 aliphatic rings. The largest absolute Gasteiger partial charge is 0.382 e. The Bertz CT molecular complexity index is 771. The summed E-state index contributed by atoms with van der Waals surface area (Å²) in [5, 5.41) is 11.4. The second kappa shape index (κ2) is 6.37. The van der Waals surface area contributed by atoms with Crippen LogP contribution < -0.4 is 5.32 Å². The highest BCUT2D eigenvalue weighted by Gasteiger charge is 2.30. The molecule has 1 amide bonds. The topological polar surface area (TPSA) is 81.4 Å². The lowest BCUT2D eigenvalue weighted by molar-refractivity contribution is -0.125. The number of pyridine rings is 1. The third-order valence-corrected chi connectivity index (χ3v) is 3.86. The molecule has 0 aliphatic carbocycles. The maximum Gasteiger partial charge on any atom is 0.268 e. The minimum absolute atomic E-state index is 0.236. The van der Waals surface area contributed by atoms with Crippen molar-refractivity contribution in [2.45, 2.75) is 32.9 Å². The van der Waals surface area contributed by atoms with E-state index in [4.69, 9.17) is 16.4 Å². The van der Waals surface area contributed by atoms with Crippen LogP contribution in [0.25, 0.3) is 0 Å². The summed E-state index contributed by atoms with van der Waals surface area (Å²) in [5.74, 6) is -0.306. The van der Waals surface area contributed by atoms with Gasteiger partial charge in [-0.1, -0.05) is 16.8 Å². The third-order valence-electron chi connectivity index (χ3n) is 3.56. The number of anilines is 1. The van der Waals surface area contributed by atoms with Gasteiger partial charge in [-0.15, -0.1) is 0 Å². The van der Waals surface area contributed by atoms with E-state index in [9.17, 15) is 4.79 Å². The van der Waals surface area contributed by atoms with E-state index in [1.165, 1.54) is 0 Å². The Morgan fingerprint density at radius 2 is 2.39 bits per heavy atom. The first-order valence-electron chi connectivity index (χ1n) is 7.27. The van der Waals surface area contributed by atoms with E-state index in [0.29, 0.717) is 12.1 Å². The van der Waals surface area contributed by atoms with E-state index in [0.717, 1.165) is 23.5 Å². The molecule has 3 heterocycles. The Kier molecular flexibility index (Phi) is 4.29. The average molecular weight is 334 g/mol. The molecule has 2 aromatic heterocycles. The van der Waals surface area contributed by atoms with Crippen LogP contribution in [0.4, 0.5) is 5.69 Å². The van der Waals surface area contributed by atoms with Crippen LogP contribution in [0.2, 0.25) is 5.15 Å². The zero-order valence-electron chi connectivity index (χ0n) is 12.8. The molecule has 7 nitrogen and oxygen atoms in total. The van der Waals surface area contributed by atoms with Crippen molar-refractivity contribution >= 4 is 28.9 Å². The number of oxime groups is 1. The highest BCUT2D eigenvalue weighted by Crippen LogP contribution is 2.22. The fourth-order valence-corrected chi connectivity index (χ4v) is 2.50. The van der Waals surface area contributed by atoms with Crippen molar-refractivity contribution in [1.82, 2.24) is 14.8 Å². The van der Waals surface area contributed by atoms with Crippen LogP contribution in [0.15, 0.2) is 29.7 Å². The molecule has 0 spiro atoms. The Balaban J connectivity index is 1.68. The first-order valence-corrected chi connectivity index (χ1v) is 7.64. The molecule has 0 fully saturated rings. The third kappa shape index (κ3) is 3.19. The number of nitrogens with one attached hydrogen (secondary N) is 1. The zero-order valence-corrected chi connectivity index (χ0v) is 13.5. The van der Waals surface area contributed by atoms with E-state index in [-0.39, 0.29) is 11.1 Å². The quantitative estimate of drug-likeness (QED) is 0.871. The summed E-state index contributed by atoms with van der Waals surface area (Å²) in [6.07, 6.45) is 3.17. The monoisotopic (exact) mass is 333 g/mol. The number of hydrogen-bond donors (Lipinski definition) is 1. The van der Waals surface area contributed by atoms with Crippen molar-refractivity contribution in [2.24, 2.45) is 5.16 Å². The molecule has 1 atom stereocenters. The molecule has 0 radical (unpaired) electrons. The van der Waals surface area contributed by atoms with Crippen molar-refractivity contribution < 1.29 is 9.63 Å². The second-order valence-electron chi connectivity index (χ2n) is 5.15. The van der Waals surface area contributed by atoms with E-state index in [1.807, 2.05) is 24.7 Å². The number of amides is 1. The van der Waals surface area contributed by atoms with Gasteiger partial charge in [0.05, 0.1) is 17.1 Å². The molecule has 1 aliphatic heterocycles. The van der Waals surface area contributed by atoms with Crippen LogP contribution in [0.1, 0.15) is 24.6 Å². The van der Waals surface area contributed by atoms with Gasteiger partial charge >= 0.3 is 0 Å². The number of carbonyl (C=O) groups is 1. The van der Waals surface area contributed by atoms with Gasteiger partial charge in [0.2, 0.25) is 6.10 Å². The summed E-state index contributed by atoms with van der Waals surface area (Å²) in [6.45, 7) is 4.70. The molecule has 1 N–H and O–H groups in total. The number of hydrogen-bond acceptors (Lipinski definition) is 5. The lowest BCUT2D eigenvalue weighted by Crippen LogP contribution is -2.28. The van der Waals surface area contributed by atoms with Crippen LogP contribution in [0, 0.1) is 6.92 Å². The number of aryl methyl sites for hydroxylation is 2. The Labute approximate surface area is 138 Å². The fraction of sp³-hybridized carbons (Fsp3) is 0.333. The molecule has 8 heteroatoms. The maximum atomic E-state index is 12.3. The van der Waals surface area contributed by atoms with Gasteiger partial charge in [0.25, 0.3) is 5.91 Å². The Morgan fingerprint density at radius 3 is 3.09 bits per heavy atom. The molecular formula is C15H16ClN5O2. The molecule has 0 unspecified atom stereocenters. The summed E-state index contributed by atoms with van der Waals surface area (Å²) in [5.41, 5.74) is 2.94. The minimum atomic E-state index is -0.689. The summed E-state index contributed by atoms with van der Waals surface area (Å²) in [4.78, 5) is 21.5. The number of halogens is 1. The fourth-order valence-electron chi connectivity index (χ4n) is 2.33. The molecular weight excluding hydrogens is 318 g/mol. The van der Waals surface area contributed by atoms with Crippen LogP contribution in [0.3, 0.4) is 0 Å². The normalized spacial score (nSPS) is 16.8. The van der Waals surface area contributed by atoms with Gasteiger partial charge < -0.3 is 10.2 Å². The van der Waals surface area contributed by atoms with E-state index in [1.54, 1.807) is 18.3 Å². The van der Waals surface area contributed by atoms with Gasteiger partial charge in [0.1, 0.15) is 0 Å². The highest BCUT2D eigenvalue weighted by molar-refractivity contribution is 6.32. The number of rotatable bonds is 4. The molecule has 2 aromatic rings. The second-order valence-corrected chi connectivity index (χ2v) is 5.51. The van der Waals surface area contributed by atoms with E-state index >= 15 is 0 Å². The van der Waals surface area contributed by atoms with Crippen molar-refractivity contribution in [3.05, 3.63) is 40.9 Å². The number of aromatic nitrogens is 3. The predicted octanol–water partition coefficient (Wildman–Crippen LogP) is 2.39. The molecule has 0 bridgehead atoms. The van der Waals surface area contributed by atoms with Gasteiger partial charge in [0.15, 0.2) is 5.15 Å².